The Hall–Kier alpha value is -1.99. The molecule has 0 spiro atoms. The summed E-state index contributed by atoms with van der Waals surface area (Å²) in [4.78, 5) is 13.2. The van der Waals surface area contributed by atoms with Crippen molar-refractivity contribution in [2.45, 2.75) is 63.8 Å². The number of aliphatic hydroxyl groups is 1. The first kappa shape index (κ1) is 21.3. The summed E-state index contributed by atoms with van der Waals surface area (Å²) >= 11 is 0. The first-order valence-corrected chi connectivity index (χ1v) is 9.58. The van der Waals surface area contributed by atoms with Crippen molar-refractivity contribution >= 4 is 6.09 Å². The Balaban J connectivity index is 1.91. The zero-order valence-corrected chi connectivity index (χ0v) is 16.5. The van der Waals surface area contributed by atoms with Crippen LogP contribution in [0.1, 0.15) is 44.6 Å². The Kier molecular flexibility index (Phi) is 8.19. The van der Waals surface area contributed by atoms with E-state index in [2.05, 4.69) is 5.32 Å². The van der Waals surface area contributed by atoms with Gasteiger partial charge >= 0.3 is 6.09 Å². The van der Waals surface area contributed by atoms with Gasteiger partial charge in [-0.1, -0.05) is 19.3 Å². The van der Waals surface area contributed by atoms with E-state index in [-0.39, 0.29) is 6.04 Å². The molecule has 1 aliphatic rings. The predicted molar refractivity (Wildman–Crippen MR) is 103 cm³/mol. The van der Waals surface area contributed by atoms with E-state index in [1.54, 1.807) is 27.2 Å². The fourth-order valence-corrected chi connectivity index (χ4v) is 3.71. The van der Waals surface area contributed by atoms with Gasteiger partial charge in [-0.05, 0) is 37.5 Å². The zero-order chi connectivity index (χ0) is 19.8. The fourth-order valence-electron chi connectivity index (χ4n) is 3.71. The van der Waals surface area contributed by atoms with Gasteiger partial charge in [0.1, 0.15) is 11.5 Å². The largest absolute Gasteiger partial charge is 0.497 e. The molecule has 0 saturated heterocycles. The standard InChI is InChI=1S/C20H32N2O5/c1-14(22(20(24)25)16-7-5-4-6-8-16)19(23)13-21-12-15-9-17(26-2)11-18(10-15)27-3/h9-11,14,16,19,21,23H,4-8,12-13H2,1-3H3,(H,24,25)/t14-,19+/m0/s1. The molecule has 3 N–H and O–H groups in total. The molecule has 0 heterocycles. The number of carbonyl (C=O) groups is 1. The zero-order valence-electron chi connectivity index (χ0n) is 16.5. The molecular formula is C20H32N2O5. The number of amides is 1. The molecule has 1 saturated carbocycles. The van der Waals surface area contributed by atoms with Crippen LogP contribution < -0.4 is 14.8 Å². The van der Waals surface area contributed by atoms with E-state index in [1.165, 1.54) is 4.90 Å². The molecule has 152 valence electrons. The smallest absolute Gasteiger partial charge is 0.407 e. The van der Waals surface area contributed by atoms with Gasteiger partial charge in [-0.3, -0.25) is 0 Å². The molecule has 1 aromatic carbocycles. The molecule has 27 heavy (non-hydrogen) atoms. The fraction of sp³-hybridized carbons (Fsp3) is 0.650. The number of hydrogen-bond donors (Lipinski definition) is 3. The molecular weight excluding hydrogens is 348 g/mol. The van der Waals surface area contributed by atoms with Gasteiger partial charge in [0.05, 0.1) is 26.4 Å². The van der Waals surface area contributed by atoms with Gasteiger partial charge in [-0.25, -0.2) is 4.79 Å². The summed E-state index contributed by atoms with van der Waals surface area (Å²) < 4.78 is 10.5. The van der Waals surface area contributed by atoms with Crippen molar-refractivity contribution in [2.24, 2.45) is 0 Å². The lowest BCUT2D eigenvalue weighted by Gasteiger charge is -2.38. The second kappa shape index (κ2) is 10.4. The van der Waals surface area contributed by atoms with Crippen molar-refractivity contribution in [2.75, 3.05) is 20.8 Å². The number of ether oxygens (including phenoxy) is 2. The maximum absolute atomic E-state index is 11.7. The number of aliphatic hydroxyl groups excluding tert-OH is 1. The summed E-state index contributed by atoms with van der Waals surface area (Å²) in [7, 11) is 3.20. The van der Waals surface area contributed by atoms with Crippen LogP contribution >= 0.6 is 0 Å². The average Bonchev–Trinajstić information content (AvgIpc) is 2.68. The van der Waals surface area contributed by atoms with E-state index in [0.29, 0.717) is 24.6 Å². The number of rotatable bonds is 9. The van der Waals surface area contributed by atoms with Gasteiger partial charge in [0, 0.05) is 25.2 Å². The van der Waals surface area contributed by atoms with Crippen LogP contribution in [-0.4, -0.2) is 60.2 Å². The summed E-state index contributed by atoms with van der Waals surface area (Å²) in [6.45, 7) is 2.61. The second-order valence-corrected chi connectivity index (χ2v) is 7.14. The van der Waals surface area contributed by atoms with Crippen LogP contribution in [0.4, 0.5) is 4.79 Å². The first-order valence-electron chi connectivity index (χ1n) is 9.58. The minimum atomic E-state index is -0.953. The monoisotopic (exact) mass is 380 g/mol. The number of nitrogens with zero attached hydrogens (tertiary/aromatic N) is 1. The van der Waals surface area contributed by atoms with Crippen LogP contribution in [-0.2, 0) is 6.54 Å². The molecule has 1 aromatic rings. The van der Waals surface area contributed by atoms with Crippen LogP contribution in [0.3, 0.4) is 0 Å². The van der Waals surface area contributed by atoms with Crippen LogP contribution in [0, 0.1) is 0 Å². The number of hydrogen-bond acceptors (Lipinski definition) is 5. The second-order valence-electron chi connectivity index (χ2n) is 7.14. The third kappa shape index (κ3) is 6.01. The first-order chi connectivity index (χ1) is 13.0. The highest BCUT2D eigenvalue weighted by atomic mass is 16.5. The lowest BCUT2D eigenvalue weighted by molar-refractivity contribution is 0.0267. The molecule has 7 heteroatoms. The van der Waals surface area contributed by atoms with Gasteiger partial charge in [-0.2, -0.15) is 0 Å². The van der Waals surface area contributed by atoms with Gasteiger partial charge in [0.2, 0.25) is 0 Å². The summed E-state index contributed by atoms with van der Waals surface area (Å²) in [6, 6.07) is 5.14. The molecule has 2 atom stereocenters. The van der Waals surface area contributed by atoms with Crippen LogP contribution in [0.25, 0.3) is 0 Å². The minimum Gasteiger partial charge on any atom is -0.497 e. The van der Waals surface area contributed by atoms with Gasteiger partial charge < -0.3 is 29.9 Å². The summed E-state index contributed by atoms with van der Waals surface area (Å²) in [5, 5.41) is 23.4. The summed E-state index contributed by atoms with van der Waals surface area (Å²) in [6.07, 6.45) is 3.27. The Labute approximate surface area is 161 Å². The quantitative estimate of drug-likeness (QED) is 0.610. The lowest BCUT2D eigenvalue weighted by Crippen LogP contribution is -2.53. The highest BCUT2D eigenvalue weighted by Crippen LogP contribution is 2.25. The van der Waals surface area contributed by atoms with Crippen LogP contribution in [0.5, 0.6) is 11.5 Å². The highest BCUT2D eigenvalue weighted by Gasteiger charge is 2.32. The molecule has 0 radical (unpaired) electrons. The maximum Gasteiger partial charge on any atom is 0.407 e. The van der Waals surface area contributed by atoms with E-state index in [0.717, 1.165) is 37.7 Å². The van der Waals surface area contributed by atoms with Crippen molar-refractivity contribution in [1.29, 1.82) is 0 Å². The SMILES string of the molecule is COc1cc(CNC[C@@H](O)[C@H](C)N(C(=O)O)C2CCCCC2)cc(OC)c1. The Morgan fingerprint density at radius 2 is 1.78 bits per heavy atom. The lowest BCUT2D eigenvalue weighted by atomic mass is 9.93. The Morgan fingerprint density at radius 3 is 2.30 bits per heavy atom. The number of methoxy groups -OCH3 is 2. The van der Waals surface area contributed by atoms with Crippen molar-refractivity contribution in [1.82, 2.24) is 10.2 Å². The third-order valence-corrected chi connectivity index (χ3v) is 5.28. The topological polar surface area (TPSA) is 91.3 Å². The number of benzene rings is 1. The summed E-state index contributed by atoms with van der Waals surface area (Å²) in [5.74, 6) is 1.41. The predicted octanol–water partition coefficient (Wildman–Crippen LogP) is 2.86. The van der Waals surface area contributed by atoms with E-state index in [9.17, 15) is 15.0 Å². The molecule has 2 rings (SSSR count). The van der Waals surface area contributed by atoms with E-state index < -0.39 is 18.2 Å². The van der Waals surface area contributed by atoms with Crippen molar-refractivity contribution in [3.8, 4) is 11.5 Å². The summed E-state index contributed by atoms with van der Waals surface area (Å²) in [5.41, 5.74) is 0.966. The van der Waals surface area contributed by atoms with E-state index >= 15 is 0 Å². The van der Waals surface area contributed by atoms with E-state index in [1.807, 2.05) is 12.1 Å². The number of carboxylic acid groups (broad SMARTS) is 1. The van der Waals surface area contributed by atoms with Gasteiger partial charge in [0.15, 0.2) is 0 Å². The van der Waals surface area contributed by atoms with Crippen molar-refractivity contribution in [3.05, 3.63) is 23.8 Å². The van der Waals surface area contributed by atoms with Gasteiger partial charge in [0.25, 0.3) is 0 Å². The van der Waals surface area contributed by atoms with E-state index in [4.69, 9.17) is 9.47 Å². The maximum atomic E-state index is 11.7. The molecule has 0 aliphatic heterocycles. The highest BCUT2D eigenvalue weighted by molar-refractivity contribution is 5.66. The molecule has 0 aromatic heterocycles. The molecule has 0 unspecified atom stereocenters. The van der Waals surface area contributed by atoms with Crippen molar-refractivity contribution in [3.63, 3.8) is 0 Å². The minimum absolute atomic E-state index is 0.00328. The molecule has 1 aliphatic carbocycles. The molecule has 1 amide bonds. The van der Waals surface area contributed by atoms with Crippen molar-refractivity contribution < 1.29 is 24.5 Å². The van der Waals surface area contributed by atoms with Crippen LogP contribution in [0.15, 0.2) is 18.2 Å². The average molecular weight is 380 g/mol. The molecule has 1 fully saturated rings. The van der Waals surface area contributed by atoms with Gasteiger partial charge in [-0.15, -0.1) is 0 Å². The number of nitrogens with one attached hydrogen (secondary N) is 1. The normalized spacial score (nSPS) is 17.2. The molecule has 0 bridgehead atoms. The Bertz CT molecular complexity index is 582. The third-order valence-electron chi connectivity index (χ3n) is 5.28. The van der Waals surface area contributed by atoms with Crippen LogP contribution in [0.2, 0.25) is 0 Å². The molecule has 7 nitrogen and oxygen atoms in total. The Morgan fingerprint density at radius 1 is 1.19 bits per heavy atom.